The van der Waals surface area contributed by atoms with Gasteiger partial charge in [-0.05, 0) is 30.7 Å². The summed E-state index contributed by atoms with van der Waals surface area (Å²) in [4.78, 5) is 26.3. The predicted octanol–water partition coefficient (Wildman–Crippen LogP) is 3.53. The second-order valence-corrected chi connectivity index (χ2v) is 4.88. The Balaban J connectivity index is 2.28. The zero-order chi connectivity index (χ0) is 15.9. The van der Waals surface area contributed by atoms with Crippen LogP contribution in [0.2, 0.25) is 0 Å². The molecule has 0 N–H and O–H groups in total. The Bertz CT molecular complexity index is 652. The van der Waals surface area contributed by atoms with Crippen LogP contribution in [0.1, 0.15) is 34.1 Å². The van der Waals surface area contributed by atoms with Crippen molar-refractivity contribution in [2.75, 3.05) is 18.6 Å². The molecule has 1 amide bonds. The van der Waals surface area contributed by atoms with Crippen molar-refractivity contribution < 1.29 is 14.3 Å². The molecule has 2 aromatic rings. The minimum Gasteiger partial charge on any atom is -0.462 e. The van der Waals surface area contributed by atoms with Gasteiger partial charge >= 0.3 is 5.97 Å². The second-order valence-electron chi connectivity index (χ2n) is 4.88. The average molecular weight is 297 g/mol. The van der Waals surface area contributed by atoms with Crippen LogP contribution in [0.5, 0.6) is 0 Å². The standard InChI is InChI=1S/C18H19NO3/c1-3-13-22-18(21)16-12-8-7-11-15(16)17(20)19(2)14-9-5-4-6-10-14/h4-12H,3,13H2,1-2H3. The first-order chi connectivity index (χ1) is 10.6. The van der Waals surface area contributed by atoms with Crippen LogP contribution in [0.15, 0.2) is 54.6 Å². The van der Waals surface area contributed by atoms with Crippen molar-refractivity contribution in [3.63, 3.8) is 0 Å². The van der Waals surface area contributed by atoms with Crippen molar-refractivity contribution in [2.24, 2.45) is 0 Å². The molecule has 0 aliphatic carbocycles. The molecule has 0 radical (unpaired) electrons. The van der Waals surface area contributed by atoms with Crippen LogP contribution >= 0.6 is 0 Å². The van der Waals surface area contributed by atoms with Crippen molar-refractivity contribution in [2.45, 2.75) is 13.3 Å². The van der Waals surface area contributed by atoms with E-state index in [0.29, 0.717) is 17.7 Å². The number of rotatable bonds is 5. The Morgan fingerprint density at radius 1 is 0.955 bits per heavy atom. The van der Waals surface area contributed by atoms with Crippen LogP contribution in [0, 0.1) is 0 Å². The Hall–Kier alpha value is -2.62. The smallest absolute Gasteiger partial charge is 0.338 e. The number of amides is 1. The molecular formula is C18H19NO3. The van der Waals surface area contributed by atoms with Gasteiger partial charge < -0.3 is 9.64 Å². The lowest BCUT2D eigenvalue weighted by molar-refractivity contribution is 0.0502. The van der Waals surface area contributed by atoms with Crippen molar-refractivity contribution in [1.82, 2.24) is 0 Å². The van der Waals surface area contributed by atoms with Gasteiger partial charge in [0.1, 0.15) is 0 Å². The fourth-order valence-corrected chi connectivity index (χ4v) is 2.07. The van der Waals surface area contributed by atoms with E-state index in [1.54, 1.807) is 31.3 Å². The zero-order valence-corrected chi connectivity index (χ0v) is 12.8. The number of hydrogen-bond donors (Lipinski definition) is 0. The summed E-state index contributed by atoms with van der Waals surface area (Å²) in [7, 11) is 1.69. The minimum atomic E-state index is -0.465. The summed E-state index contributed by atoms with van der Waals surface area (Å²) in [6.45, 7) is 2.27. The van der Waals surface area contributed by atoms with Gasteiger partial charge in [-0.15, -0.1) is 0 Å². The lowest BCUT2D eigenvalue weighted by atomic mass is 10.1. The van der Waals surface area contributed by atoms with Crippen molar-refractivity contribution in [3.8, 4) is 0 Å². The van der Waals surface area contributed by atoms with E-state index < -0.39 is 5.97 Å². The molecule has 4 heteroatoms. The molecule has 0 atom stereocenters. The van der Waals surface area contributed by atoms with Gasteiger partial charge in [-0.3, -0.25) is 4.79 Å². The van der Waals surface area contributed by atoms with Crippen LogP contribution in [0.4, 0.5) is 5.69 Å². The predicted molar refractivity (Wildman–Crippen MR) is 86.2 cm³/mol. The van der Waals surface area contributed by atoms with Crippen molar-refractivity contribution >= 4 is 17.6 Å². The van der Waals surface area contributed by atoms with Gasteiger partial charge in [0.05, 0.1) is 17.7 Å². The van der Waals surface area contributed by atoms with Gasteiger partial charge in [-0.2, -0.15) is 0 Å². The fraction of sp³-hybridized carbons (Fsp3) is 0.222. The summed E-state index contributed by atoms with van der Waals surface area (Å²) in [5, 5.41) is 0. The third kappa shape index (κ3) is 3.52. The molecule has 2 aromatic carbocycles. The summed E-state index contributed by atoms with van der Waals surface area (Å²) in [6.07, 6.45) is 0.742. The van der Waals surface area contributed by atoms with Gasteiger partial charge in [-0.25, -0.2) is 4.79 Å². The van der Waals surface area contributed by atoms with E-state index in [-0.39, 0.29) is 5.91 Å². The summed E-state index contributed by atoms with van der Waals surface area (Å²) < 4.78 is 5.14. The molecule has 0 saturated carbocycles. The van der Waals surface area contributed by atoms with E-state index in [0.717, 1.165) is 12.1 Å². The Morgan fingerprint density at radius 3 is 2.18 bits per heavy atom. The van der Waals surface area contributed by atoms with Crippen molar-refractivity contribution in [3.05, 3.63) is 65.7 Å². The number of nitrogens with zero attached hydrogens (tertiary/aromatic N) is 1. The number of anilines is 1. The van der Waals surface area contributed by atoms with Gasteiger partial charge in [0.2, 0.25) is 0 Å². The molecule has 0 fully saturated rings. The Labute approximate surface area is 130 Å². The Kier molecular flexibility index (Phi) is 5.31. The fourth-order valence-electron chi connectivity index (χ4n) is 2.07. The maximum Gasteiger partial charge on any atom is 0.338 e. The number of para-hydroxylation sites is 1. The first kappa shape index (κ1) is 15.8. The van der Waals surface area contributed by atoms with E-state index in [1.807, 2.05) is 37.3 Å². The summed E-state index contributed by atoms with van der Waals surface area (Å²) >= 11 is 0. The highest BCUT2D eigenvalue weighted by atomic mass is 16.5. The van der Waals surface area contributed by atoms with Gasteiger partial charge in [-0.1, -0.05) is 37.3 Å². The molecule has 0 heterocycles. The SMILES string of the molecule is CCCOC(=O)c1ccccc1C(=O)N(C)c1ccccc1. The number of ether oxygens (including phenoxy) is 1. The van der Waals surface area contributed by atoms with Gasteiger partial charge in [0, 0.05) is 12.7 Å². The molecule has 0 saturated heterocycles. The Morgan fingerprint density at radius 2 is 1.55 bits per heavy atom. The molecule has 0 unspecified atom stereocenters. The third-order valence-electron chi connectivity index (χ3n) is 3.26. The average Bonchev–Trinajstić information content (AvgIpc) is 2.59. The third-order valence-corrected chi connectivity index (χ3v) is 3.26. The van der Waals surface area contributed by atoms with Gasteiger partial charge in [0.25, 0.3) is 5.91 Å². The van der Waals surface area contributed by atoms with Crippen LogP contribution < -0.4 is 4.90 Å². The first-order valence-corrected chi connectivity index (χ1v) is 7.24. The molecule has 0 aliphatic heterocycles. The maximum absolute atomic E-state index is 12.7. The molecule has 22 heavy (non-hydrogen) atoms. The molecule has 2 rings (SSSR count). The quantitative estimate of drug-likeness (QED) is 0.793. The summed E-state index contributed by atoms with van der Waals surface area (Å²) in [5.74, 6) is -0.706. The number of benzene rings is 2. The highest BCUT2D eigenvalue weighted by Gasteiger charge is 2.21. The highest BCUT2D eigenvalue weighted by Crippen LogP contribution is 2.18. The first-order valence-electron chi connectivity index (χ1n) is 7.24. The van der Waals surface area contributed by atoms with E-state index in [4.69, 9.17) is 4.74 Å². The number of hydrogen-bond acceptors (Lipinski definition) is 3. The lowest BCUT2D eigenvalue weighted by Crippen LogP contribution is -2.28. The molecule has 4 nitrogen and oxygen atoms in total. The van der Waals surface area contributed by atoms with E-state index >= 15 is 0 Å². The van der Waals surface area contributed by atoms with E-state index in [2.05, 4.69) is 0 Å². The highest BCUT2D eigenvalue weighted by molar-refractivity contribution is 6.11. The lowest BCUT2D eigenvalue weighted by Gasteiger charge is -2.18. The van der Waals surface area contributed by atoms with Crippen LogP contribution in [-0.2, 0) is 4.74 Å². The van der Waals surface area contributed by atoms with E-state index in [1.165, 1.54) is 4.90 Å². The second kappa shape index (κ2) is 7.41. The molecular weight excluding hydrogens is 278 g/mol. The topological polar surface area (TPSA) is 46.6 Å². The summed E-state index contributed by atoms with van der Waals surface area (Å²) in [6, 6.07) is 16.0. The minimum absolute atomic E-state index is 0.241. The van der Waals surface area contributed by atoms with E-state index in [9.17, 15) is 9.59 Å². The monoisotopic (exact) mass is 297 g/mol. The van der Waals surface area contributed by atoms with Crippen LogP contribution in [0.3, 0.4) is 0 Å². The molecule has 0 aliphatic rings. The molecule has 0 spiro atoms. The van der Waals surface area contributed by atoms with Crippen LogP contribution in [0.25, 0.3) is 0 Å². The van der Waals surface area contributed by atoms with Crippen LogP contribution in [-0.4, -0.2) is 25.5 Å². The maximum atomic E-state index is 12.7. The number of carbonyl (C=O) groups is 2. The molecule has 114 valence electrons. The summed E-state index contributed by atoms with van der Waals surface area (Å²) in [5.41, 5.74) is 1.41. The van der Waals surface area contributed by atoms with Crippen molar-refractivity contribution in [1.29, 1.82) is 0 Å². The normalized spacial score (nSPS) is 10.1. The largest absolute Gasteiger partial charge is 0.462 e. The zero-order valence-electron chi connectivity index (χ0n) is 12.8. The number of esters is 1. The number of carbonyl (C=O) groups excluding carboxylic acids is 2. The van der Waals surface area contributed by atoms with Gasteiger partial charge in [0.15, 0.2) is 0 Å². The molecule has 0 bridgehead atoms. The molecule has 0 aromatic heterocycles.